The number of nitrogens with zero attached hydrogens (tertiary/aromatic N) is 2. The zero-order valence-corrected chi connectivity index (χ0v) is 10.1. The second-order valence-corrected chi connectivity index (χ2v) is 5.11. The zero-order chi connectivity index (χ0) is 12.8. The van der Waals surface area contributed by atoms with Gasteiger partial charge in [0.15, 0.2) is 0 Å². The van der Waals surface area contributed by atoms with Crippen LogP contribution < -0.4 is 10.1 Å². The molecule has 0 aromatic carbocycles. The maximum Gasteiger partial charge on any atom is 0.264 e. The number of piperidine rings is 1. The van der Waals surface area contributed by atoms with E-state index in [1.807, 2.05) is 6.92 Å². The highest BCUT2D eigenvalue weighted by molar-refractivity contribution is 5.12. The fourth-order valence-corrected chi connectivity index (χ4v) is 2.72. The lowest BCUT2D eigenvalue weighted by atomic mass is 10.0. The summed E-state index contributed by atoms with van der Waals surface area (Å²) in [6.07, 6.45) is 0.629. The van der Waals surface area contributed by atoms with Crippen LogP contribution >= 0.6 is 0 Å². The van der Waals surface area contributed by atoms with Crippen molar-refractivity contribution in [3.8, 4) is 5.88 Å². The first-order valence-electron chi connectivity index (χ1n) is 6.14. The predicted octanol–water partition coefficient (Wildman–Crippen LogP) is 1.69. The summed E-state index contributed by atoms with van der Waals surface area (Å²) in [7, 11) is 0. The van der Waals surface area contributed by atoms with E-state index in [1.54, 1.807) is 12.1 Å². The first kappa shape index (κ1) is 11.8. The van der Waals surface area contributed by atoms with E-state index in [-0.39, 0.29) is 18.6 Å². The smallest absolute Gasteiger partial charge is 0.264 e. The molecule has 2 saturated heterocycles. The standard InChI is InChI=1S/C12H15F2N3O/c1-7-2-3-11(17-16-7)18-9-4-8-6-12(13,14)10(5-9)15-8/h2-3,8-10,15H,4-6H2,1H3. The third kappa shape index (κ3) is 2.16. The molecule has 1 N–H and O–H groups in total. The van der Waals surface area contributed by atoms with Gasteiger partial charge in [-0.3, -0.25) is 0 Å². The van der Waals surface area contributed by atoms with Crippen LogP contribution in [0.15, 0.2) is 12.1 Å². The van der Waals surface area contributed by atoms with Gasteiger partial charge in [0.05, 0.1) is 11.7 Å². The highest BCUT2D eigenvalue weighted by Crippen LogP contribution is 2.39. The number of ether oxygens (including phenoxy) is 1. The van der Waals surface area contributed by atoms with Crippen LogP contribution in [-0.4, -0.2) is 34.3 Å². The van der Waals surface area contributed by atoms with Gasteiger partial charge in [-0.15, -0.1) is 5.10 Å². The van der Waals surface area contributed by atoms with Gasteiger partial charge in [0.2, 0.25) is 5.88 Å². The Labute approximate surface area is 104 Å². The number of rotatable bonds is 2. The average molecular weight is 255 g/mol. The van der Waals surface area contributed by atoms with E-state index in [4.69, 9.17) is 4.74 Å². The molecule has 6 heteroatoms. The van der Waals surface area contributed by atoms with Gasteiger partial charge in [0.25, 0.3) is 5.92 Å². The molecule has 3 unspecified atom stereocenters. The number of halogens is 2. The van der Waals surface area contributed by atoms with E-state index in [9.17, 15) is 8.78 Å². The minimum Gasteiger partial charge on any atom is -0.473 e. The highest BCUT2D eigenvalue weighted by atomic mass is 19.3. The van der Waals surface area contributed by atoms with E-state index in [1.165, 1.54) is 0 Å². The second-order valence-electron chi connectivity index (χ2n) is 5.11. The van der Waals surface area contributed by atoms with Gasteiger partial charge in [0.1, 0.15) is 6.10 Å². The Morgan fingerprint density at radius 2 is 2.17 bits per heavy atom. The molecule has 4 nitrogen and oxygen atoms in total. The molecule has 3 atom stereocenters. The molecule has 98 valence electrons. The predicted molar refractivity (Wildman–Crippen MR) is 60.7 cm³/mol. The second kappa shape index (κ2) is 4.12. The Balaban J connectivity index is 1.67. The van der Waals surface area contributed by atoms with Crippen LogP contribution in [0.5, 0.6) is 5.88 Å². The number of alkyl halides is 2. The maximum atomic E-state index is 13.5. The summed E-state index contributed by atoms with van der Waals surface area (Å²) in [5, 5.41) is 10.7. The summed E-state index contributed by atoms with van der Waals surface area (Å²) in [5.74, 6) is -2.20. The number of hydrogen-bond acceptors (Lipinski definition) is 4. The van der Waals surface area contributed by atoms with Gasteiger partial charge in [-0.05, 0) is 19.4 Å². The van der Waals surface area contributed by atoms with Crippen LogP contribution in [0.3, 0.4) is 0 Å². The minimum atomic E-state index is -2.61. The van der Waals surface area contributed by atoms with E-state index < -0.39 is 12.0 Å². The lowest BCUT2D eigenvalue weighted by Gasteiger charge is -2.29. The van der Waals surface area contributed by atoms with Gasteiger partial charge in [-0.1, -0.05) is 0 Å². The van der Waals surface area contributed by atoms with Gasteiger partial charge in [0, 0.05) is 24.9 Å². The van der Waals surface area contributed by atoms with Gasteiger partial charge in [-0.2, -0.15) is 5.10 Å². The summed E-state index contributed by atoms with van der Waals surface area (Å²) < 4.78 is 32.7. The number of hydrogen-bond donors (Lipinski definition) is 1. The van der Waals surface area contributed by atoms with E-state index in [0.29, 0.717) is 18.7 Å². The van der Waals surface area contributed by atoms with E-state index >= 15 is 0 Å². The SMILES string of the molecule is Cc1ccc(OC2CC3CC(F)(F)C(C2)N3)nn1. The Morgan fingerprint density at radius 1 is 1.33 bits per heavy atom. The van der Waals surface area contributed by atoms with Crippen molar-refractivity contribution in [2.24, 2.45) is 0 Å². The maximum absolute atomic E-state index is 13.5. The van der Waals surface area contributed by atoms with Crippen LogP contribution in [0.2, 0.25) is 0 Å². The normalized spacial score (nSPS) is 33.4. The molecule has 2 aliphatic rings. The molecule has 0 saturated carbocycles. The fourth-order valence-electron chi connectivity index (χ4n) is 2.72. The molecule has 2 aliphatic heterocycles. The number of aryl methyl sites for hydroxylation is 1. The van der Waals surface area contributed by atoms with E-state index in [2.05, 4.69) is 15.5 Å². The van der Waals surface area contributed by atoms with Crippen molar-refractivity contribution < 1.29 is 13.5 Å². The molecule has 2 fully saturated rings. The Kier molecular flexibility index (Phi) is 2.69. The van der Waals surface area contributed by atoms with Crippen LogP contribution in [0.1, 0.15) is 25.0 Å². The molecule has 0 amide bonds. The summed E-state index contributed by atoms with van der Waals surface area (Å²) in [4.78, 5) is 0. The highest BCUT2D eigenvalue weighted by Gasteiger charge is 2.53. The van der Waals surface area contributed by atoms with Crippen molar-refractivity contribution in [3.05, 3.63) is 17.8 Å². The summed E-state index contributed by atoms with van der Waals surface area (Å²) >= 11 is 0. The Bertz CT molecular complexity index is 437. The molecule has 0 radical (unpaired) electrons. The topological polar surface area (TPSA) is 47.0 Å². The van der Waals surface area contributed by atoms with Crippen molar-refractivity contribution in [2.75, 3.05) is 0 Å². The molecule has 1 aromatic heterocycles. The van der Waals surface area contributed by atoms with Gasteiger partial charge >= 0.3 is 0 Å². The van der Waals surface area contributed by atoms with Crippen LogP contribution in [0.25, 0.3) is 0 Å². The quantitative estimate of drug-likeness (QED) is 0.873. The van der Waals surface area contributed by atoms with Gasteiger partial charge in [-0.25, -0.2) is 8.78 Å². The summed E-state index contributed by atoms with van der Waals surface area (Å²) in [5.41, 5.74) is 0.805. The van der Waals surface area contributed by atoms with E-state index in [0.717, 1.165) is 5.69 Å². The number of nitrogens with one attached hydrogen (secondary N) is 1. The van der Waals surface area contributed by atoms with Crippen molar-refractivity contribution in [1.29, 1.82) is 0 Å². The summed E-state index contributed by atoms with van der Waals surface area (Å²) in [6, 6.07) is 2.61. The van der Waals surface area contributed by atoms with Crippen molar-refractivity contribution in [2.45, 2.75) is 50.3 Å². The van der Waals surface area contributed by atoms with Gasteiger partial charge < -0.3 is 10.1 Å². The van der Waals surface area contributed by atoms with Crippen LogP contribution in [0, 0.1) is 6.92 Å². The van der Waals surface area contributed by atoms with Crippen molar-refractivity contribution in [3.63, 3.8) is 0 Å². The monoisotopic (exact) mass is 255 g/mol. The molecule has 18 heavy (non-hydrogen) atoms. The Hall–Kier alpha value is -1.30. The molecular weight excluding hydrogens is 240 g/mol. The zero-order valence-electron chi connectivity index (χ0n) is 10.1. The minimum absolute atomic E-state index is 0.0862. The molecule has 1 aromatic rings. The third-order valence-corrected chi connectivity index (χ3v) is 3.57. The molecule has 0 aliphatic carbocycles. The number of fused-ring (bicyclic) bond motifs is 2. The molecule has 3 heterocycles. The lowest BCUT2D eigenvalue weighted by molar-refractivity contribution is -0.0195. The Morgan fingerprint density at radius 3 is 2.83 bits per heavy atom. The molecule has 3 rings (SSSR count). The largest absolute Gasteiger partial charge is 0.473 e. The lowest BCUT2D eigenvalue weighted by Crippen LogP contribution is -2.46. The van der Waals surface area contributed by atoms with Crippen LogP contribution in [0.4, 0.5) is 8.78 Å². The fraction of sp³-hybridized carbons (Fsp3) is 0.667. The first-order valence-corrected chi connectivity index (χ1v) is 6.14. The molecule has 0 spiro atoms. The third-order valence-electron chi connectivity index (χ3n) is 3.57. The summed E-state index contributed by atoms with van der Waals surface area (Å²) in [6.45, 7) is 1.84. The van der Waals surface area contributed by atoms with Crippen LogP contribution in [-0.2, 0) is 0 Å². The van der Waals surface area contributed by atoms with Crippen molar-refractivity contribution >= 4 is 0 Å². The van der Waals surface area contributed by atoms with Crippen molar-refractivity contribution in [1.82, 2.24) is 15.5 Å². The molecule has 2 bridgehead atoms. The first-order chi connectivity index (χ1) is 8.53. The number of aromatic nitrogens is 2. The average Bonchev–Trinajstić information content (AvgIpc) is 2.51. The molecular formula is C12H15F2N3O.